The van der Waals surface area contributed by atoms with Crippen molar-refractivity contribution in [2.75, 3.05) is 5.32 Å². The predicted molar refractivity (Wildman–Crippen MR) is 132 cm³/mol. The predicted octanol–water partition coefficient (Wildman–Crippen LogP) is 6.22. The molecule has 162 valence electrons. The first-order valence-electron chi connectivity index (χ1n) is 10.4. The number of carbonyl (C=O) groups excluding carboxylic acids is 2. The first-order valence-corrected chi connectivity index (χ1v) is 11.1. The second kappa shape index (κ2) is 8.36. The maximum Gasteiger partial charge on any atom is 0.297 e. The molecule has 5 nitrogen and oxygen atoms in total. The van der Waals surface area contributed by atoms with Gasteiger partial charge in [-0.25, -0.2) is 4.68 Å². The molecule has 0 saturated heterocycles. The molecule has 1 N–H and O–H groups in total. The van der Waals surface area contributed by atoms with E-state index in [1.165, 1.54) is 0 Å². The number of aromatic nitrogens is 2. The molecule has 3 aromatic carbocycles. The molecule has 6 heteroatoms. The van der Waals surface area contributed by atoms with Gasteiger partial charge in [0.2, 0.25) is 0 Å². The van der Waals surface area contributed by atoms with Gasteiger partial charge in [0.15, 0.2) is 0 Å². The minimum atomic E-state index is -0.703. The van der Waals surface area contributed by atoms with Crippen molar-refractivity contribution in [3.8, 4) is 5.69 Å². The lowest BCUT2D eigenvalue weighted by Gasteiger charge is -2.14. The van der Waals surface area contributed by atoms with E-state index >= 15 is 0 Å². The molecule has 0 bridgehead atoms. The fourth-order valence-electron chi connectivity index (χ4n) is 3.48. The van der Waals surface area contributed by atoms with Gasteiger partial charge in [-0.2, -0.15) is 5.10 Å². The summed E-state index contributed by atoms with van der Waals surface area (Å²) in [5.41, 5.74) is 2.89. The van der Waals surface area contributed by atoms with Gasteiger partial charge in [-0.1, -0.05) is 78.7 Å². The number of carbonyl (C=O) groups is 2. The molecule has 32 heavy (non-hydrogen) atoms. The summed E-state index contributed by atoms with van der Waals surface area (Å²) in [7, 11) is 0. The normalized spacial score (nSPS) is 11.5. The van der Waals surface area contributed by atoms with Gasteiger partial charge in [0, 0.05) is 21.5 Å². The summed E-state index contributed by atoms with van der Waals surface area (Å²) in [6.07, 6.45) is 0. The second-order valence-corrected chi connectivity index (χ2v) is 9.69. The zero-order chi connectivity index (χ0) is 23.0. The molecule has 0 aliphatic heterocycles. The lowest BCUT2D eigenvalue weighted by atomic mass is 9.92. The minimum Gasteiger partial charge on any atom is -0.304 e. The van der Waals surface area contributed by atoms with Gasteiger partial charge < -0.3 is 5.32 Å². The number of hydrogen-bond acceptors (Lipinski definition) is 3. The Hall–Kier alpha value is -3.25. The summed E-state index contributed by atoms with van der Waals surface area (Å²) in [5, 5.41) is 9.11. The maximum absolute atomic E-state index is 13.1. The van der Waals surface area contributed by atoms with Crippen LogP contribution < -0.4 is 5.32 Å². The third-order valence-corrected chi connectivity index (χ3v) is 6.01. The van der Waals surface area contributed by atoms with Gasteiger partial charge >= 0.3 is 0 Å². The van der Waals surface area contributed by atoms with Crippen LogP contribution in [0.1, 0.15) is 42.4 Å². The Labute approximate surface area is 195 Å². The van der Waals surface area contributed by atoms with Gasteiger partial charge in [-0.3, -0.25) is 9.59 Å². The SMILES string of the molecule is Cc1ccc(-n2nc(C(C)(C)C)cc2NC(=O)C(=O)c2ccc(Br)c3ccccc23)cc1. The van der Waals surface area contributed by atoms with Crippen molar-refractivity contribution in [2.45, 2.75) is 33.1 Å². The summed E-state index contributed by atoms with van der Waals surface area (Å²) in [6, 6.07) is 20.6. The molecule has 4 rings (SSSR count). The Kier molecular flexibility index (Phi) is 5.73. The quantitative estimate of drug-likeness (QED) is 0.273. The zero-order valence-corrected chi connectivity index (χ0v) is 20.0. The second-order valence-electron chi connectivity index (χ2n) is 8.84. The van der Waals surface area contributed by atoms with Crippen molar-refractivity contribution < 1.29 is 9.59 Å². The minimum absolute atomic E-state index is 0.221. The molecular formula is C26H24BrN3O2. The summed E-state index contributed by atoms with van der Waals surface area (Å²) in [6.45, 7) is 8.18. The number of hydrogen-bond donors (Lipinski definition) is 1. The topological polar surface area (TPSA) is 64.0 Å². The number of benzene rings is 3. The Morgan fingerprint density at radius 1 is 0.938 bits per heavy atom. The molecule has 1 aromatic heterocycles. The molecule has 1 amide bonds. The first-order chi connectivity index (χ1) is 15.1. The zero-order valence-electron chi connectivity index (χ0n) is 18.4. The highest BCUT2D eigenvalue weighted by molar-refractivity contribution is 9.10. The fourth-order valence-corrected chi connectivity index (χ4v) is 3.95. The number of Topliss-reactive ketones (excluding diaryl/α,β-unsaturated/α-hetero) is 1. The molecular weight excluding hydrogens is 466 g/mol. The summed E-state index contributed by atoms with van der Waals surface area (Å²) < 4.78 is 2.54. The summed E-state index contributed by atoms with van der Waals surface area (Å²) >= 11 is 3.51. The number of amides is 1. The average molecular weight is 490 g/mol. The standard InChI is InChI=1S/C26H24BrN3O2/c1-16-9-11-17(12-10-16)30-23(15-22(29-30)26(2,3)4)28-25(32)24(31)20-13-14-21(27)19-8-6-5-7-18(19)20/h5-15H,1-4H3,(H,28,32). The van der Waals surface area contributed by atoms with E-state index in [2.05, 4.69) is 42.0 Å². The number of fused-ring (bicyclic) bond motifs is 1. The van der Waals surface area contributed by atoms with Crippen LogP contribution in [0.3, 0.4) is 0 Å². The fraction of sp³-hybridized carbons (Fsp3) is 0.192. The lowest BCUT2D eigenvalue weighted by molar-refractivity contribution is -0.112. The van der Waals surface area contributed by atoms with Crippen LogP contribution in [0.4, 0.5) is 5.82 Å². The van der Waals surface area contributed by atoms with E-state index in [0.29, 0.717) is 11.4 Å². The summed E-state index contributed by atoms with van der Waals surface area (Å²) in [4.78, 5) is 26.1. The van der Waals surface area contributed by atoms with Crippen LogP contribution in [0.25, 0.3) is 16.5 Å². The van der Waals surface area contributed by atoms with E-state index in [1.807, 2.05) is 61.5 Å². The third-order valence-electron chi connectivity index (χ3n) is 5.32. The van der Waals surface area contributed by atoms with Crippen LogP contribution in [0.2, 0.25) is 0 Å². The molecule has 4 aromatic rings. The average Bonchev–Trinajstić information content (AvgIpc) is 3.18. The van der Waals surface area contributed by atoms with Gasteiger partial charge in [-0.15, -0.1) is 0 Å². The highest BCUT2D eigenvalue weighted by atomic mass is 79.9. The highest BCUT2D eigenvalue weighted by Gasteiger charge is 2.24. The maximum atomic E-state index is 13.1. The van der Waals surface area contributed by atoms with Gasteiger partial charge in [-0.05, 0) is 42.0 Å². The van der Waals surface area contributed by atoms with Crippen molar-refractivity contribution in [3.63, 3.8) is 0 Å². The van der Waals surface area contributed by atoms with Gasteiger partial charge in [0.05, 0.1) is 11.4 Å². The molecule has 0 saturated carbocycles. The van der Waals surface area contributed by atoms with Crippen LogP contribution in [-0.4, -0.2) is 21.5 Å². The van der Waals surface area contributed by atoms with Crippen molar-refractivity contribution in [2.24, 2.45) is 0 Å². The Morgan fingerprint density at radius 2 is 1.59 bits per heavy atom. The van der Waals surface area contributed by atoms with E-state index in [-0.39, 0.29) is 5.41 Å². The smallest absolute Gasteiger partial charge is 0.297 e. The molecule has 1 heterocycles. The van der Waals surface area contributed by atoms with Crippen LogP contribution in [0, 0.1) is 6.92 Å². The molecule has 0 aliphatic rings. The molecule has 0 spiro atoms. The van der Waals surface area contributed by atoms with Crippen LogP contribution in [0.5, 0.6) is 0 Å². The number of rotatable bonds is 4. The highest BCUT2D eigenvalue weighted by Crippen LogP contribution is 2.29. The molecule has 0 radical (unpaired) electrons. The van der Waals surface area contributed by atoms with E-state index in [0.717, 1.165) is 32.2 Å². The van der Waals surface area contributed by atoms with E-state index in [9.17, 15) is 9.59 Å². The van der Waals surface area contributed by atoms with Crippen molar-refractivity contribution in [1.82, 2.24) is 9.78 Å². The van der Waals surface area contributed by atoms with Gasteiger partial charge in [0.25, 0.3) is 11.7 Å². The first kappa shape index (κ1) is 22.0. The summed E-state index contributed by atoms with van der Waals surface area (Å²) in [5.74, 6) is -0.840. The molecule has 0 atom stereocenters. The monoisotopic (exact) mass is 489 g/mol. The van der Waals surface area contributed by atoms with Gasteiger partial charge in [0.1, 0.15) is 5.82 Å². The van der Waals surface area contributed by atoms with E-state index < -0.39 is 11.7 Å². The number of halogens is 1. The Bertz CT molecular complexity index is 1330. The number of nitrogens with zero attached hydrogens (tertiary/aromatic N) is 2. The van der Waals surface area contributed by atoms with E-state index in [1.54, 1.807) is 16.8 Å². The van der Waals surface area contributed by atoms with E-state index in [4.69, 9.17) is 5.10 Å². The Morgan fingerprint density at radius 3 is 2.25 bits per heavy atom. The van der Waals surface area contributed by atoms with Crippen LogP contribution in [0.15, 0.2) is 71.2 Å². The molecule has 0 aliphatic carbocycles. The third kappa shape index (κ3) is 4.23. The number of aryl methyl sites for hydroxylation is 1. The van der Waals surface area contributed by atoms with Crippen LogP contribution >= 0.6 is 15.9 Å². The molecule has 0 fully saturated rings. The largest absolute Gasteiger partial charge is 0.304 e. The Balaban J connectivity index is 1.72. The molecule has 0 unspecified atom stereocenters. The lowest BCUT2D eigenvalue weighted by Crippen LogP contribution is -2.24. The number of nitrogens with one attached hydrogen (secondary N) is 1. The van der Waals surface area contributed by atoms with Crippen molar-refractivity contribution in [1.29, 1.82) is 0 Å². The van der Waals surface area contributed by atoms with Crippen LogP contribution in [-0.2, 0) is 10.2 Å². The van der Waals surface area contributed by atoms with Crippen molar-refractivity contribution >= 4 is 44.2 Å². The van der Waals surface area contributed by atoms with Crippen molar-refractivity contribution in [3.05, 3.63) is 88.0 Å². The number of anilines is 1. The number of ketones is 1.